The summed E-state index contributed by atoms with van der Waals surface area (Å²) in [4.78, 5) is 51.1. The van der Waals surface area contributed by atoms with Crippen molar-refractivity contribution in [3.05, 3.63) is 91.4 Å². The van der Waals surface area contributed by atoms with E-state index in [1.807, 2.05) is 6.92 Å². The number of amides is 4. The third kappa shape index (κ3) is 7.18. The maximum Gasteiger partial charge on any atom is 0.335 e. The zero-order chi connectivity index (χ0) is 30.4. The molecule has 2 N–H and O–H groups in total. The van der Waals surface area contributed by atoms with Gasteiger partial charge in [-0.1, -0.05) is 41.1 Å². The Kier molecular flexibility index (Phi) is 10.0. The maximum absolute atomic E-state index is 13.5. The van der Waals surface area contributed by atoms with E-state index in [-0.39, 0.29) is 24.3 Å². The first-order chi connectivity index (χ1) is 20.1. The fraction of sp³-hybridized carbons (Fsp3) is 0.200. The van der Waals surface area contributed by atoms with Crippen molar-refractivity contribution in [1.29, 1.82) is 0 Å². The summed E-state index contributed by atoms with van der Waals surface area (Å²) < 4.78 is 18.3. The Morgan fingerprint density at radius 2 is 1.69 bits per heavy atom. The zero-order valence-electron chi connectivity index (χ0n) is 22.6. The predicted molar refractivity (Wildman–Crippen MR) is 160 cm³/mol. The number of methoxy groups -OCH3 is 1. The number of hydrogen-bond acceptors (Lipinski definition) is 7. The van der Waals surface area contributed by atoms with Crippen molar-refractivity contribution in [2.45, 2.75) is 26.5 Å². The minimum absolute atomic E-state index is 0.0842. The number of carboxylic acid groups (broad SMARTS) is 1. The van der Waals surface area contributed by atoms with Crippen LogP contribution in [0.2, 0.25) is 0 Å². The molecule has 1 aliphatic heterocycles. The van der Waals surface area contributed by atoms with Gasteiger partial charge in [-0.2, -0.15) is 0 Å². The highest BCUT2D eigenvalue weighted by atomic mass is 79.9. The summed E-state index contributed by atoms with van der Waals surface area (Å²) in [7, 11) is 1.50. The van der Waals surface area contributed by atoms with Crippen LogP contribution in [-0.2, 0) is 22.7 Å². The van der Waals surface area contributed by atoms with Gasteiger partial charge in [-0.05, 0) is 76.0 Å². The summed E-state index contributed by atoms with van der Waals surface area (Å²) in [6.45, 7) is 2.46. The molecule has 0 aromatic heterocycles. The molecular formula is C30H26Br2N2O8. The zero-order valence-corrected chi connectivity index (χ0v) is 25.8. The summed E-state index contributed by atoms with van der Waals surface area (Å²) in [5.74, 6) is -1.32. The standard InChI is InChI=1S/C30H26Br2N2O8/c1-3-10-41-24-9-6-18(11-25(24)40-2)15-34-28(36)22(27(35)33-30(34)39)13-20-12-21(31)14-23(32)26(20)42-16-17-4-7-19(8-5-17)29(37)38/h4-9,11-14H,3,10,15-16H2,1-2H3,(H,37,38)(H,33,35,39)/b22-13+. The van der Waals surface area contributed by atoms with Crippen molar-refractivity contribution >= 4 is 61.8 Å². The second-order valence-electron chi connectivity index (χ2n) is 9.14. The third-order valence-corrected chi connectivity index (χ3v) is 7.18. The molecule has 12 heteroatoms. The molecule has 0 spiro atoms. The first-order valence-electron chi connectivity index (χ1n) is 12.7. The molecule has 0 aliphatic carbocycles. The van der Waals surface area contributed by atoms with Crippen molar-refractivity contribution in [2.24, 2.45) is 0 Å². The molecule has 1 aliphatic rings. The molecular weight excluding hydrogens is 676 g/mol. The van der Waals surface area contributed by atoms with E-state index in [4.69, 9.17) is 19.3 Å². The molecule has 42 heavy (non-hydrogen) atoms. The van der Waals surface area contributed by atoms with Crippen molar-refractivity contribution in [3.63, 3.8) is 0 Å². The highest BCUT2D eigenvalue weighted by Gasteiger charge is 2.36. The molecule has 1 heterocycles. The Balaban J connectivity index is 1.61. The van der Waals surface area contributed by atoms with E-state index >= 15 is 0 Å². The Bertz CT molecular complexity index is 1570. The number of nitrogens with zero attached hydrogens (tertiary/aromatic N) is 1. The van der Waals surface area contributed by atoms with Crippen LogP contribution in [0, 0.1) is 0 Å². The van der Waals surface area contributed by atoms with Gasteiger partial charge in [0.1, 0.15) is 17.9 Å². The van der Waals surface area contributed by atoms with E-state index in [1.54, 1.807) is 42.5 Å². The summed E-state index contributed by atoms with van der Waals surface area (Å²) in [6.07, 6.45) is 2.18. The number of carbonyl (C=O) groups excluding carboxylic acids is 3. The topological polar surface area (TPSA) is 131 Å². The van der Waals surface area contributed by atoms with Crippen LogP contribution in [-0.4, -0.2) is 47.5 Å². The maximum atomic E-state index is 13.5. The van der Waals surface area contributed by atoms with Gasteiger partial charge in [0.15, 0.2) is 11.5 Å². The van der Waals surface area contributed by atoms with Gasteiger partial charge in [0.2, 0.25) is 0 Å². The quantitative estimate of drug-likeness (QED) is 0.185. The summed E-state index contributed by atoms with van der Waals surface area (Å²) in [5.41, 5.74) is 1.58. The normalized spacial score (nSPS) is 14.1. The van der Waals surface area contributed by atoms with Crippen LogP contribution in [0.1, 0.15) is 40.4 Å². The van der Waals surface area contributed by atoms with E-state index in [9.17, 15) is 19.2 Å². The number of halogens is 2. The fourth-order valence-electron chi connectivity index (χ4n) is 4.06. The number of barbiturate groups is 1. The Hall–Kier alpha value is -4.16. The van der Waals surface area contributed by atoms with E-state index < -0.39 is 23.8 Å². The molecule has 0 saturated carbocycles. The van der Waals surface area contributed by atoms with Gasteiger partial charge >= 0.3 is 12.0 Å². The summed E-state index contributed by atoms with van der Waals surface area (Å²) in [6, 6.07) is 13.9. The Morgan fingerprint density at radius 3 is 2.36 bits per heavy atom. The van der Waals surface area contributed by atoms with E-state index in [0.29, 0.717) is 49.5 Å². The predicted octanol–water partition coefficient (Wildman–Crippen LogP) is 5.95. The van der Waals surface area contributed by atoms with Crippen LogP contribution in [0.4, 0.5) is 4.79 Å². The lowest BCUT2D eigenvalue weighted by Gasteiger charge is -2.27. The Labute approximate surface area is 258 Å². The number of aromatic carboxylic acids is 1. The molecule has 0 radical (unpaired) electrons. The highest BCUT2D eigenvalue weighted by Crippen LogP contribution is 2.36. The molecule has 0 atom stereocenters. The van der Waals surface area contributed by atoms with E-state index in [1.165, 1.54) is 25.3 Å². The second-order valence-corrected chi connectivity index (χ2v) is 10.9. The average Bonchev–Trinajstić information content (AvgIpc) is 2.96. The fourth-order valence-corrected chi connectivity index (χ4v) is 5.43. The van der Waals surface area contributed by atoms with Gasteiger partial charge in [-0.3, -0.25) is 19.8 Å². The number of imide groups is 2. The van der Waals surface area contributed by atoms with Gasteiger partial charge in [0.05, 0.1) is 30.3 Å². The van der Waals surface area contributed by atoms with Crippen LogP contribution in [0.5, 0.6) is 17.2 Å². The lowest BCUT2D eigenvalue weighted by atomic mass is 10.1. The van der Waals surface area contributed by atoms with Gasteiger partial charge < -0.3 is 19.3 Å². The second kappa shape index (κ2) is 13.7. The molecule has 4 rings (SSSR count). The van der Waals surface area contributed by atoms with Crippen LogP contribution >= 0.6 is 31.9 Å². The van der Waals surface area contributed by atoms with Crippen LogP contribution in [0.25, 0.3) is 6.08 Å². The minimum Gasteiger partial charge on any atom is -0.493 e. The van der Waals surface area contributed by atoms with Crippen LogP contribution in [0.15, 0.2) is 69.1 Å². The number of carbonyl (C=O) groups is 4. The SMILES string of the molecule is CCCOc1ccc(CN2C(=O)NC(=O)/C(=C\c3cc(Br)cc(Br)c3OCc3ccc(C(=O)O)cc3)C2=O)cc1OC. The third-order valence-electron chi connectivity index (χ3n) is 6.14. The molecule has 0 unspecified atom stereocenters. The van der Waals surface area contributed by atoms with Crippen molar-refractivity contribution in [2.75, 3.05) is 13.7 Å². The van der Waals surface area contributed by atoms with Gasteiger partial charge in [-0.15, -0.1) is 0 Å². The van der Waals surface area contributed by atoms with Crippen molar-refractivity contribution in [3.8, 4) is 17.2 Å². The molecule has 1 fully saturated rings. The van der Waals surface area contributed by atoms with Gasteiger partial charge in [0, 0.05) is 10.0 Å². The molecule has 218 valence electrons. The molecule has 3 aromatic carbocycles. The molecule has 0 bridgehead atoms. The van der Waals surface area contributed by atoms with Crippen molar-refractivity contribution in [1.82, 2.24) is 10.2 Å². The Morgan fingerprint density at radius 1 is 0.976 bits per heavy atom. The van der Waals surface area contributed by atoms with E-state index in [0.717, 1.165) is 11.3 Å². The number of benzene rings is 3. The lowest BCUT2D eigenvalue weighted by Crippen LogP contribution is -2.53. The number of rotatable bonds is 11. The monoisotopic (exact) mass is 700 g/mol. The number of nitrogens with one attached hydrogen (secondary N) is 1. The minimum atomic E-state index is -1.04. The van der Waals surface area contributed by atoms with Crippen LogP contribution < -0.4 is 19.5 Å². The van der Waals surface area contributed by atoms with Gasteiger partial charge in [0.25, 0.3) is 11.8 Å². The lowest BCUT2D eigenvalue weighted by molar-refractivity contribution is -0.130. The summed E-state index contributed by atoms with van der Waals surface area (Å²) in [5, 5.41) is 11.3. The number of urea groups is 1. The molecule has 10 nitrogen and oxygen atoms in total. The smallest absolute Gasteiger partial charge is 0.335 e. The van der Waals surface area contributed by atoms with Gasteiger partial charge in [-0.25, -0.2) is 9.59 Å². The first-order valence-corrected chi connectivity index (χ1v) is 14.3. The number of ether oxygens (including phenoxy) is 3. The summed E-state index contributed by atoms with van der Waals surface area (Å²) >= 11 is 6.88. The first kappa shape index (κ1) is 30.8. The largest absolute Gasteiger partial charge is 0.493 e. The van der Waals surface area contributed by atoms with Crippen molar-refractivity contribution < 1.29 is 38.5 Å². The number of hydrogen-bond donors (Lipinski definition) is 2. The molecule has 1 saturated heterocycles. The molecule has 3 aromatic rings. The molecule has 4 amide bonds. The average molecular weight is 702 g/mol. The van der Waals surface area contributed by atoms with E-state index in [2.05, 4.69) is 37.2 Å². The number of carboxylic acids is 1. The highest BCUT2D eigenvalue weighted by molar-refractivity contribution is 9.11. The van der Waals surface area contributed by atoms with Crippen LogP contribution in [0.3, 0.4) is 0 Å².